The number of anilines is 2. The Morgan fingerprint density at radius 2 is 2.08 bits per heavy atom. The Bertz CT molecular complexity index is 721. The summed E-state index contributed by atoms with van der Waals surface area (Å²) in [7, 11) is 0. The number of halogens is 3. The zero-order valence-corrected chi connectivity index (χ0v) is 13.1. The van der Waals surface area contributed by atoms with Gasteiger partial charge in [-0.15, -0.1) is 13.2 Å². The predicted octanol–water partition coefficient (Wildman–Crippen LogP) is 3.37. The van der Waals surface area contributed by atoms with Crippen molar-refractivity contribution in [2.45, 2.75) is 26.3 Å². The van der Waals surface area contributed by atoms with Gasteiger partial charge in [-0.3, -0.25) is 0 Å². The van der Waals surface area contributed by atoms with Crippen LogP contribution in [-0.2, 0) is 13.0 Å². The number of alkyl halides is 3. The molecule has 1 N–H and O–H groups in total. The molecule has 1 aromatic heterocycles. The summed E-state index contributed by atoms with van der Waals surface area (Å²) in [6.07, 6.45) is -2.28. The summed E-state index contributed by atoms with van der Waals surface area (Å²) in [4.78, 5) is 10.6. The highest BCUT2D eigenvalue weighted by atomic mass is 19.4. The Kier molecular flexibility index (Phi) is 4.46. The van der Waals surface area contributed by atoms with Crippen LogP contribution in [-0.4, -0.2) is 29.4 Å². The van der Waals surface area contributed by atoms with Crippen LogP contribution in [0.3, 0.4) is 0 Å². The number of benzene rings is 1. The van der Waals surface area contributed by atoms with E-state index in [0.717, 1.165) is 29.9 Å². The lowest BCUT2D eigenvalue weighted by Crippen LogP contribution is -2.31. The quantitative estimate of drug-likeness (QED) is 0.926. The molecule has 1 aliphatic rings. The number of rotatable bonds is 4. The van der Waals surface area contributed by atoms with E-state index in [4.69, 9.17) is 0 Å². The van der Waals surface area contributed by atoms with Crippen molar-refractivity contribution in [1.82, 2.24) is 9.97 Å². The molecule has 0 atom stereocenters. The van der Waals surface area contributed by atoms with Gasteiger partial charge in [0.2, 0.25) is 5.95 Å². The summed E-state index contributed by atoms with van der Waals surface area (Å²) in [6, 6.07) is 6.29. The summed E-state index contributed by atoms with van der Waals surface area (Å²) in [5.41, 5.74) is 1.84. The Morgan fingerprint density at radius 1 is 1.25 bits per heavy atom. The monoisotopic (exact) mass is 338 g/mol. The zero-order valence-electron chi connectivity index (χ0n) is 13.1. The lowest BCUT2D eigenvalue weighted by atomic mass is 9.99. The Balaban J connectivity index is 1.80. The van der Waals surface area contributed by atoms with Crippen LogP contribution in [0, 0.1) is 0 Å². The first kappa shape index (κ1) is 16.4. The van der Waals surface area contributed by atoms with Gasteiger partial charge in [0.05, 0.1) is 0 Å². The molecule has 5 nitrogen and oxygen atoms in total. The third kappa shape index (κ3) is 3.87. The summed E-state index contributed by atoms with van der Waals surface area (Å²) in [5, 5.41) is 3.05. The third-order valence-corrected chi connectivity index (χ3v) is 3.72. The first-order valence-corrected chi connectivity index (χ1v) is 7.64. The fraction of sp³-hybridized carbons (Fsp3) is 0.375. The first-order chi connectivity index (χ1) is 11.4. The number of nitrogens with zero attached hydrogens (tertiary/aromatic N) is 3. The number of hydrogen-bond acceptors (Lipinski definition) is 5. The molecule has 0 saturated heterocycles. The minimum atomic E-state index is -4.68. The van der Waals surface area contributed by atoms with E-state index >= 15 is 0 Å². The van der Waals surface area contributed by atoms with E-state index < -0.39 is 6.36 Å². The maximum Gasteiger partial charge on any atom is 0.573 e. The molecule has 0 unspecified atom stereocenters. The van der Waals surface area contributed by atoms with Gasteiger partial charge in [-0.1, -0.05) is 6.07 Å². The topological polar surface area (TPSA) is 50.3 Å². The van der Waals surface area contributed by atoms with Crippen LogP contribution in [0.25, 0.3) is 0 Å². The molecule has 0 bridgehead atoms. The van der Waals surface area contributed by atoms with Crippen molar-refractivity contribution in [3.05, 3.63) is 41.6 Å². The van der Waals surface area contributed by atoms with Gasteiger partial charge in [-0.05, 0) is 42.7 Å². The molecule has 3 rings (SSSR count). The Morgan fingerprint density at radius 3 is 2.83 bits per heavy atom. The number of ether oxygens (including phenoxy) is 1. The van der Waals surface area contributed by atoms with Crippen LogP contribution >= 0.6 is 0 Å². The first-order valence-electron chi connectivity index (χ1n) is 7.64. The van der Waals surface area contributed by atoms with Gasteiger partial charge in [0.15, 0.2) is 0 Å². The lowest BCUT2D eigenvalue weighted by Gasteiger charge is -2.30. The van der Waals surface area contributed by atoms with Crippen molar-refractivity contribution >= 4 is 11.8 Å². The minimum Gasteiger partial charge on any atom is -0.406 e. The molecule has 0 amide bonds. The molecular formula is C16H17F3N4O. The van der Waals surface area contributed by atoms with Crippen LogP contribution in [0.4, 0.5) is 24.9 Å². The molecule has 0 fully saturated rings. The van der Waals surface area contributed by atoms with E-state index in [1.807, 2.05) is 11.8 Å². The maximum atomic E-state index is 12.4. The summed E-state index contributed by atoms with van der Waals surface area (Å²) in [5.74, 6) is 1.09. The van der Waals surface area contributed by atoms with E-state index in [1.165, 1.54) is 12.1 Å². The molecular weight excluding hydrogens is 321 g/mol. The smallest absolute Gasteiger partial charge is 0.406 e. The SMILES string of the molecule is CCNc1nccc(N2CCc3ccc(OC(F)(F)F)cc3C2)n1. The van der Waals surface area contributed by atoms with Gasteiger partial charge in [0.1, 0.15) is 11.6 Å². The third-order valence-electron chi connectivity index (χ3n) is 3.72. The molecule has 0 aliphatic carbocycles. The zero-order chi connectivity index (χ0) is 17.2. The second-order valence-electron chi connectivity index (χ2n) is 5.42. The van der Waals surface area contributed by atoms with E-state index in [0.29, 0.717) is 19.0 Å². The average Bonchev–Trinajstić information content (AvgIpc) is 2.53. The molecule has 2 heterocycles. The standard InChI is InChI=1S/C16H17F3N4O/c1-2-20-15-21-7-5-14(22-15)23-8-6-11-3-4-13(9-12(11)10-23)24-16(17,18)19/h3-5,7,9H,2,6,8,10H2,1H3,(H,20,21,22). The molecule has 2 aromatic rings. The van der Waals surface area contributed by atoms with Crippen LogP contribution < -0.4 is 15.0 Å². The van der Waals surface area contributed by atoms with Crippen molar-refractivity contribution in [2.75, 3.05) is 23.3 Å². The van der Waals surface area contributed by atoms with E-state index in [-0.39, 0.29) is 5.75 Å². The van der Waals surface area contributed by atoms with Crippen molar-refractivity contribution < 1.29 is 17.9 Å². The van der Waals surface area contributed by atoms with Gasteiger partial charge < -0.3 is 15.0 Å². The Labute approximate surface area is 137 Å². The molecule has 0 spiro atoms. The number of aromatic nitrogens is 2. The highest BCUT2D eigenvalue weighted by Gasteiger charge is 2.31. The second-order valence-corrected chi connectivity index (χ2v) is 5.42. The molecule has 1 aromatic carbocycles. The van der Waals surface area contributed by atoms with E-state index in [2.05, 4.69) is 20.0 Å². The highest BCUT2D eigenvalue weighted by Crippen LogP contribution is 2.29. The number of nitrogens with one attached hydrogen (secondary N) is 1. The second kappa shape index (κ2) is 6.54. The van der Waals surface area contributed by atoms with Crippen molar-refractivity contribution in [2.24, 2.45) is 0 Å². The number of fused-ring (bicyclic) bond motifs is 1. The largest absolute Gasteiger partial charge is 0.573 e. The Hall–Kier alpha value is -2.51. The molecule has 1 aliphatic heterocycles. The average molecular weight is 338 g/mol. The molecule has 0 saturated carbocycles. The fourth-order valence-corrected chi connectivity index (χ4v) is 2.69. The van der Waals surface area contributed by atoms with Crippen molar-refractivity contribution in [1.29, 1.82) is 0 Å². The normalized spacial score (nSPS) is 14.2. The van der Waals surface area contributed by atoms with Crippen LogP contribution in [0.2, 0.25) is 0 Å². The highest BCUT2D eigenvalue weighted by molar-refractivity contribution is 5.48. The summed E-state index contributed by atoms with van der Waals surface area (Å²) >= 11 is 0. The molecule has 128 valence electrons. The van der Waals surface area contributed by atoms with Gasteiger partial charge in [-0.25, -0.2) is 4.98 Å². The van der Waals surface area contributed by atoms with E-state index in [1.54, 1.807) is 18.3 Å². The predicted molar refractivity (Wildman–Crippen MR) is 84.1 cm³/mol. The molecule has 0 radical (unpaired) electrons. The lowest BCUT2D eigenvalue weighted by molar-refractivity contribution is -0.274. The summed E-state index contributed by atoms with van der Waals surface area (Å²) < 4.78 is 41.1. The van der Waals surface area contributed by atoms with Crippen LogP contribution in [0.5, 0.6) is 5.75 Å². The summed E-state index contributed by atoms with van der Waals surface area (Å²) in [6.45, 7) is 3.89. The van der Waals surface area contributed by atoms with Crippen molar-refractivity contribution in [3.8, 4) is 5.75 Å². The molecule has 8 heteroatoms. The number of hydrogen-bond donors (Lipinski definition) is 1. The van der Waals surface area contributed by atoms with Crippen LogP contribution in [0.1, 0.15) is 18.1 Å². The van der Waals surface area contributed by atoms with Gasteiger partial charge in [-0.2, -0.15) is 4.98 Å². The minimum absolute atomic E-state index is 0.195. The fourth-order valence-electron chi connectivity index (χ4n) is 2.69. The van der Waals surface area contributed by atoms with E-state index in [9.17, 15) is 13.2 Å². The van der Waals surface area contributed by atoms with Gasteiger partial charge in [0.25, 0.3) is 0 Å². The maximum absolute atomic E-state index is 12.4. The van der Waals surface area contributed by atoms with Crippen molar-refractivity contribution in [3.63, 3.8) is 0 Å². The molecule has 24 heavy (non-hydrogen) atoms. The van der Waals surface area contributed by atoms with Crippen LogP contribution in [0.15, 0.2) is 30.5 Å². The van der Waals surface area contributed by atoms with Gasteiger partial charge >= 0.3 is 6.36 Å². The van der Waals surface area contributed by atoms with Gasteiger partial charge in [0, 0.05) is 25.8 Å².